The molecule has 0 aromatic carbocycles. The van der Waals surface area contributed by atoms with E-state index in [-0.39, 0.29) is 0 Å². The van der Waals surface area contributed by atoms with Gasteiger partial charge in [0.1, 0.15) is 5.82 Å². The fraction of sp³-hybridized carbons (Fsp3) is 0. The largest absolute Gasteiger partial charge is 0.383 e. The predicted molar refractivity (Wildman–Crippen MR) is 67.3 cm³/mol. The van der Waals surface area contributed by atoms with E-state index in [1.807, 2.05) is 29.6 Å². The van der Waals surface area contributed by atoms with E-state index in [1.165, 1.54) is 0 Å². The molecule has 0 amide bonds. The maximum absolute atomic E-state index is 5.92. The summed E-state index contributed by atoms with van der Waals surface area (Å²) in [5.74, 6) is 0.536. The highest BCUT2D eigenvalue weighted by Crippen LogP contribution is 2.28. The molecule has 3 rings (SSSR count). The zero-order chi connectivity index (χ0) is 11.0. The first-order valence-electron chi connectivity index (χ1n) is 4.89. The third-order valence-electron chi connectivity index (χ3n) is 2.44. The summed E-state index contributed by atoms with van der Waals surface area (Å²) in [6.07, 6.45) is 3.51. The number of nitrogens with two attached hydrogens (primary N) is 1. The minimum Gasteiger partial charge on any atom is -0.383 e. The van der Waals surface area contributed by atoms with Gasteiger partial charge in [0.15, 0.2) is 0 Å². The van der Waals surface area contributed by atoms with Gasteiger partial charge >= 0.3 is 0 Å². The molecule has 0 aliphatic heterocycles. The molecule has 78 valence electrons. The van der Waals surface area contributed by atoms with Crippen molar-refractivity contribution in [3.63, 3.8) is 0 Å². The summed E-state index contributed by atoms with van der Waals surface area (Å²) in [6.45, 7) is 0. The molecule has 3 nitrogen and oxygen atoms in total. The van der Waals surface area contributed by atoms with Gasteiger partial charge in [0, 0.05) is 17.8 Å². The Balaban J connectivity index is 2.29. The van der Waals surface area contributed by atoms with Gasteiger partial charge < -0.3 is 5.73 Å². The van der Waals surface area contributed by atoms with Crippen LogP contribution in [0.25, 0.3) is 21.3 Å². The van der Waals surface area contributed by atoms with Crippen LogP contribution in [-0.2, 0) is 0 Å². The van der Waals surface area contributed by atoms with E-state index in [4.69, 9.17) is 5.73 Å². The second-order valence-electron chi connectivity index (χ2n) is 3.47. The van der Waals surface area contributed by atoms with Gasteiger partial charge in [0.05, 0.1) is 10.6 Å². The zero-order valence-corrected chi connectivity index (χ0v) is 9.24. The molecule has 0 aliphatic carbocycles. The average Bonchev–Trinajstić information content (AvgIpc) is 2.82. The van der Waals surface area contributed by atoms with Crippen molar-refractivity contribution < 1.29 is 0 Å². The quantitative estimate of drug-likeness (QED) is 0.695. The average molecular weight is 227 g/mol. The molecule has 3 heterocycles. The van der Waals surface area contributed by atoms with Crippen LogP contribution in [0.4, 0.5) is 5.82 Å². The van der Waals surface area contributed by atoms with Gasteiger partial charge in [-0.2, -0.15) is 0 Å². The number of thiophene rings is 1. The Bertz CT molecular complexity index is 632. The van der Waals surface area contributed by atoms with Gasteiger partial charge in [0.2, 0.25) is 0 Å². The van der Waals surface area contributed by atoms with Crippen LogP contribution in [-0.4, -0.2) is 9.97 Å². The van der Waals surface area contributed by atoms with Crippen LogP contribution in [0, 0.1) is 0 Å². The fourth-order valence-corrected chi connectivity index (χ4v) is 2.35. The van der Waals surface area contributed by atoms with Crippen molar-refractivity contribution in [3.8, 4) is 10.6 Å². The fourth-order valence-electron chi connectivity index (χ4n) is 1.67. The van der Waals surface area contributed by atoms with Crippen molar-refractivity contribution in [2.45, 2.75) is 0 Å². The maximum Gasteiger partial charge on any atom is 0.133 e. The Hall–Kier alpha value is -1.94. The van der Waals surface area contributed by atoms with Gasteiger partial charge in [0.25, 0.3) is 0 Å². The standard InChI is InChI=1S/C12H9N3S/c13-12-9-7-14-4-3-8(9)6-10(15-12)11-2-1-5-16-11/h1-7H,(H2,13,15). The lowest BCUT2D eigenvalue weighted by Crippen LogP contribution is -1.93. The van der Waals surface area contributed by atoms with Crippen LogP contribution in [0.2, 0.25) is 0 Å². The monoisotopic (exact) mass is 227 g/mol. The first-order chi connectivity index (χ1) is 7.84. The number of pyridine rings is 2. The summed E-state index contributed by atoms with van der Waals surface area (Å²) in [6, 6.07) is 8.04. The van der Waals surface area contributed by atoms with E-state index in [1.54, 1.807) is 23.7 Å². The molecular formula is C12H9N3S. The van der Waals surface area contributed by atoms with E-state index in [0.717, 1.165) is 21.3 Å². The van der Waals surface area contributed by atoms with Crippen LogP contribution >= 0.6 is 11.3 Å². The van der Waals surface area contributed by atoms with Crippen molar-refractivity contribution in [2.24, 2.45) is 0 Å². The first kappa shape index (κ1) is 9.30. The molecule has 0 aliphatic rings. The Labute approximate surface area is 96.6 Å². The van der Waals surface area contributed by atoms with Gasteiger partial charge in [-0.15, -0.1) is 11.3 Å². The molecule has 0 atom stereocenters. The second-order valence-corrected chi connectivity index (χ2v) is 4.41. The number of nitrogens with zero attached hydrogens (tertiary/aromatic N) is 2. The van der Waals surface area contributed by atoms with Gasteiger partial charge in [-0.05, 0) is 29.0 Å². The summed E-state index contributed by atoms with van der Waals surface area (Å²) >= 11 is 1.66. The molecule has 0 saturated heterocycles. The Morgan fingerprint density at radius 1 is 1.25 bits per heavy atom. The summed E-state index contributed by atoms with van der Waals surface area (Å²) in [7, 11) is 0. The molecule has 0 spiro atoms. The minimum absolute atomic E-state index is 0.536. The van der Waals surface area contributed by atoms with Gasteiger partial charge in [-0.1, -0.05) is 6.07 Å². The summed E-state index contributed by atoms with van der Waals surface area (Å²) in [4.78, 5) is 9.57. The van der Waals surface area contributed by atoms with Crippen molar-refractivity contribution in [3.05, 3.63) is 42.0 Å². The molecule has 4 heteroatoms. The van der Waals surface area contributed by atoms with Crippen molar-refractivity contribution in [1.29, 1.82) is 0 Å². The molecule has 0 bridgehead atoms. The highest BCUT2D eigenvalue weighted by molar-refractivity contribution is 7.13. The minimum atomic E-state index is 0.536. The lowest BCUT2D eigenvalue weighted by molar-refractivity contribution is 1.33. The topological polar surface area (TPSA) is 51.8 Å². The molecule has 0 unspecified atom stereocenters. The molecule has 16 heavy (non-hydrogen) atoms. The Kier molecular flexibility index (Phi) is 2.08. The second kappa shape index (κ2) is 3.57. The van der Waals surface area contributed by atoms with Crippen LogP contribution in [0.3, 0.4) is 0 Å². The van der Waals surface area contributed by atoms with Crippen molar-refractivity contribution in [1.82, 2.24) is 9.97 Å². The number of hydrogen-bond donors (Lipinski definition) is 1. The van der Waals surface area contributed by atoms with E-state index in [0.29, 0.717) is 5.82 Å². The highest BCUT2D eigenvalue weighted by Gasteiger charge is 2.05. The summed E-state index contributed by atoms with van der Waals surface area (Å²) in [5, 5.41) is 4.01. The van der Waals surface area contributed by atoms with E-state index in [2.05, 4.69) is 9.97 Å². The van der Waals surface area contributed by atoms with Gasteiger partial charge in [-0.25, -0.2) is 4.98 Å². The van der Waals surface area contributed by atoms with Crippen molar-refractivity contribution >= 4 is 27.9 Å². The van der Waals surface area contributed by atoms with E-state index < -0.39 is 0 Å². The smallest absolute Gasteiger partial charge is 0.133 e. The Morgan fingerprint density at radius 2 is 2.19 bits per heavy atom. The molecule has 0 fully saturated rings. The molecule has 3 aromatic rings. The molecule has 0 saturated carbocycles. The third kappa shape index (κ3) is 1.44. The summed E-state index contributed by atoms with van der Waals surface area (Å²) in [5.41, 5.74) is 6.84. The van der Waals surface area contributed by atoms with E-state index in [9.17, 15) is 0 Å². The van der Waals surface area contributed by atoms with Crippen molar-refractivity contribution in [2.75, 3.05) is 5.73 Å². The highest BCUT2D eigenvalue weighted by atomic mass is 32.1. The number of anilines is 1. The number of rotatable bonds is 1. The third-order valence-corrected chi connectivity index (χ3v) is 3.33. The van der Waals surface area contributed by atoms with Crippen LogP contribution in [0.1, 0.15) is 0 Å². The molecule has 2 N–H and O–H groups in total. The van der Waals surface area contributed by atoms with Crippen LogP contribution < -0.4 is 5.73 Å². The molecule has 3 aromatic heterocycles. The lowest BCUT2D eigenvalue weighted by Gasteiger charge is -2.03. The SMILES string of the molecule is Nc1nc(-c2cccs2)cc2ccncc12. The van der Waals surface area contributed by atoms with Crippen LogP contribution in [0.5, 0.6) is 0 Å². The van der Waals surface area contributed by atoms with Crippen LogP contribution in [0.15, 0.2) is 42.0 Å². The first-order valence-corrected chi connectivity index (χ1v) is 5.77. The number of fused-ring (bicyclic) bond motifs is 1. The number of hydrogen-bond acceptors (Lipinski definition) is 4. The predicted octanol–water partition coefficient (Wildman–Crippen LogP) is 2.94. The number of aromatic nitrogens is 2. The number of nitrogen functional groups attached to an aromatic ring is 1. The lowest BCUT2D eigenvalue weighted by atomic mass is 10.2. The molecule has 0 radical (unpaired) electrons. The van der Waals surface area contributed by atoms with Gasteiger partial charge in [-0.3, -0.25) is 4.98 Å². The zero-order valence-electron chi connectivity index (χ0n) is 8.42. The van der Waals surface area contributed by atoms with E-state index >= 15 is 0 Å². The Morgan fingerprint density at radius 3 is 3.00 bits per heavy atom. The maximum atomic E-state index is 5.92. The normalized spacial score (nSPS) is 10.8. The summed E-state index contributed by atoms with van der Waals surface area (Å²) < 4.78 is 0. The molecular weight excluding hydrogens is 218 g/mol.